The van der Waals surface area contributed by atoms with Crippen molar-refractivity contribution in [3.63, 3.8) is 0 Å². The van der Waals surface area contributed by atoms with E-state index in [2.05, 4.69) is 22.5 Å². The van der Waals surface area contributed by atoms with E-state index in [0.29, 0.717) is 18.5 Å². The molecule has 0 fully saturated rings. The van der Waals surface area contributed by atoms with Gasteiger partial charge in [0.25, 0.3) is 5.91 Å². The Morgan fingerprint density at radius 1 is 1.32 bits per heavy atom. The second-order valence-electron chi connectivity index (χ2n) is 4.18. The summed E-state index contributed by atoms with van der Waals surface area (Å²) in [7, 11) is 0. The van der Waals surface area contributed by atoms with E-state index in [9.17, 15) is 9.59 Å². The Kier molecular flexibility index (Phi) is 6.35. The molecule has 19 heavy (non-hydrogen) atoms. The number of hydrogen-bond donors (Lipinski definition) is 3. The number of anilines is 1. The average molecular weight is 264 g/mol. The first-order valence-corrected chi connectivity index (χ1v) is 6.40. The van der Waals surface area contributed by atoms with Crippen LogP contribution in [0.25, 0.3) is 0 Å². The lowest BCUT2D eigenvalue weighted by atomic mass is 10.2. The molecule has 0 aliphatic heterocycles. The zero-order chi connectivity index (χ0) is 14.1. The Bertz CT molecular complexity index is 417. The third-order valence-electron chi connectivity index (χ3n) is 2.47. The lowest BCUT2D eigenvalue weighted by molar-refractivity contribution is -0.118. The maximum atomic E-state index is 11.7. The van der Waals surface area contributed by atoms with Gasteiger partial charge >= 0.3 is 0 Å². The summed E-state index contributed by atoms with van der Waals surface area (Å²) in [4.78, 5) is 26.4. The van der Waals surface area contributed by atoms with Crippen LogP contribution in [0, 0.1) is 0 Å². The molecule has 0 aromatic carbocycles. The molecule has 0 radical (unpaired) electrons. The molecule has 2 amide bonds. The van der Waals surface area contributed by atoms with Crippen LogP contribution in [0.4, 0.5) is 5.82 Å². The molecule has 1 aromatic rings. The topological polar surface area (TPSA) is 97.1 Å². The number of nitrogens with zero attached hydrogens (tertiary/aromatic N) is 1. The van der Waals surface area contributed by atoms with Gasteiger partial charge in [0.1, 0.15) is 5.82 Å². The first-order chi connectivity index (χ1) is 9.13. The molecule has 0 spiro atoms. The molecule has 1 aromatic heterocycles. The van der Waals surface area contributed by atoms with Gasteiger partial charge in [-0.15, -0.1) is 0 Å². The highest BCUT2D eigenvalue weighted by molar-refractivity contribution is 5.94. The second-order valence-corrected chi connectivity index (χ2v) is 4.18. The van der Waals surface area contributed by atoms with Gasteiger partial charge in [-0.25, -0.2) is 4.98 Å². The molecule has 0 aliphatic carbocycles. The number of amides is 2. The molecule has 0 saturated carbocycles. The van der Waals surface area contributed by atoms with Crippen molar-refractivity contribution in [2.45, 2.75) is 26.2 Å². The minimum absolute atomic E-state index is 0.195. The van der Waals surface area contributed by atoms with Crippen LogP contribution < -0.4 is 16.4 Å². The minimum Gasteiger partial charge on any atom is -0.370 e. The van der Waals surface area contributed by atoms with Crippen molar-refractivity contribution in [3.8, 4) is 0 Å². The van der Waals surface area contributed by atoms with Gasteiger partial charge in [-0.05, 0) is 25.0 Å². The van der Waals surface area contributed by atoms with Gasteiger partial charge in [0.05, 0.1) is 5.56 Å². The van der Waals surface area contributed by atoms with Crippen molar-refractivity contribution in [1.82, 2.24) is 10.3 Å². The van der Waals surface area contributed by atoms with E-state index in [0.717, 1.165) is 18.8 Å². The summed E-state index contributed by atoms with van der Waals surface area (Å²) in [5.41, 5.74) is 5.51. The van der Waals surface area contributed by atoms with E-state index in [1.807, 2.05) is 0 Å². The summed E-state index contributed by atoms with van der Waals surface area (Å²) in [6, 6.07) is 3.49. The van der Waals surface area contributed by atoms with Gasteiger partial charge in [0.15, 0.2) is 0 Å². The van der Waals surface area contributed by atoms with Crippen LogP contribution in [0.3, 0.4) is 0 Å². The molecule has 0 saturated heterocycles. The predicted molar refractivity (Wildman–Crippen MR) is 73.8 cm³/mol. The number of nitrogens with two attached hydrogens (primary N) is 1. The number of carbonyl (C=O) groups is 2. The fourth-order valence-electron chi connectivity index (χ4n) is 1.45. The molecule has 4 N–H and O–H groups in total. The monoisotopic (exact) mass is 264 g/mol. The number of nitrogens with one attached hydrogen (secondary N) is 2. The zero-order valence-electron chi connectivity index (χ0n) is 11.1. The lowest BCUT2D eigenvalue weighted by Gasteiger charge is -2.06. The lowest BCUT2D eigenvalue weighted by Crippen LogP contribution is -2.25. The Morgan fingerprint density at radius 2 is 2.11 bits per heavy atom. The molecular weight excluding hydrogens is 244 g/mol. The van der Waals surface area contributed by atoms with E-state index in [-0.39, 0.29) is 18.2 Å². The van der Waals surface area contributed by atoms with Crippen molar-refractivity contribution in [2.75, 3.05) is 18.4 Å². The normalized spacial score (nSPS) is 9.95. The molecule has 6 heteroatoms. The number of pyridine rings is 1. The molecule has 6 nitrogen and oxygen atoms in total. The molecule has 104 valence electrons. The fraction of sp³-hybridized carbons (Fsp3) is 0.462. The molecule has 0 atom stereocenters. The number of carbonyl (C=O) groups excluding carboxylic acids is 2. The van der Waals surface area contributed by atoms with E-state index < -0.39 is 0 Å². The third kappa shape index (κ3) is 5.85. The number of rotatable bonds is 8. The van der Waals surface area contributed by atoms with Gasteiger partial charge in [0, 0.05) is 25.7 Å². The van der Waals surface area contributed by atoms with Crippen LogP contribution in [-0.4, -0.2) is 29.9 Å². The highest BCUT2D eigenvalue weighted by Gasteiger charge is 2.05. The summed E-state index contributed by atoms with van der Waals surface area (Å²) in [6.45, 7) is 3.35. The summed E-state index contributed by atoms with van der Waals surface area (Å²) < 4.78 is 0. The Balaban J connectivity index is 2.37. The highest BCUT2D eigenvalue weighted by Crippen LogP contribution is 2.05. The van der Waals surface area contributed by atoms with Crippen LogP contribution in [0.15, 0.2) is 18.3 Å². The van der Waals surface area contributed by atoms with Crippen molar-refractivity contribution >= 4 is 17.6 Å². The molecule has 0 aliphatic rings. The summed E-state index contributed by atoms with van der Waals surface area (Å²) in [5.74, 6) is 0.202. The van der Waals surface area contributed by atoms with Crippen molar-refractivity contribution in [3.05, 3.63) is 23.9 Å². The van der Waals surface area contributed by atoms with Crippen molar-refractivity contribution < 1.29 is 9.59 Å². The summed E-state index contributed by atoms with van der Waals surface area (Å²) in [5, 5.41) is 5.84. The maximum Gasteiger partial charge on any atom is 0.252 e. The van der Waals surface area contributed by atoms with Gasteiger partial charge in [-0.1, -0.05) is 6.92 Å². The SMILES string of the molecule is CCCNc1ccc(C(=O)NCCCC(N)=O)cn1. The fourth-order valence-corrected chi connectivity index (χ4v) is 1.45. The van der Waals surface area contributed by atoms with E-state index in [4.69, 9.17) is 5.73 Å². The van der Waals surface area contributed by atoms with Crippen LogP contribution in [0.2, 0.25) is 0 Å². The van der Waals surface area contributed by atoms with E-state index >= 15 is 0 Å². The molecular formula is C13H20N4O2. The average Bonchev–Trinajstić information content (AvgIpc) is 2.41. The van der Waals surface area contributed by atoms with Gasteiger partial charge in [0.2, 0.25) is 5.91 Å². The standard InChI is InChI=1S/C13H20N4O2/c1-2-7-15-12-6-5-10(9-17-12)13(19)16-8-3-4-11(14)18/h5-6,9H,2-4,7-8H2,1H3,(H2,14,18)(H,15,17)(H,16,19). The summed E-state index contributed by atoms with van der Waals surface area (Å²) in [6.07, 6.45) is 3.37. The molecule has 0 unspecified atom stereocenters. The first-order valence-electron chi connectivity index (χ1n) is 6.40. The van der Waals surface area contributed by atoms with E-state index in [1.54, 1.807) is 12.1 Å². The Hall–Kier alpha value is -2.11. The van der Waals surface area contributed by atoms with Crippen molar-refractivity contribution in [1.29, 1.82) is 0 Å². The van der Waals surface area contributed by atoms with Gasteiger partial charge in [-0.3, -0.25) is 9.59 Å². The highest BCUT2D eigenvalue weighted by atomic mass is 16.2. The molecule has 1 rings (SSSR count). The second kappa shape index (κ2) is 8.07. The summed E-state index contributed by atoms with van der Waals surface area (Å²) >= 11 is 0. The molecule has 0 bridgehead atoms. The van der Waals surface area contributed by atoms with Gasteiger partial charge in [-0.2, -0.15) is 0 Å². The number of aromatic nitrogens is 1. The first kappa shape index (κ1) is 14.9. The van der Waals surface area contributed by atoms with Gasteiger partial charge < -0.3 is 16.4 Å². The zero-order valence-corrected chi connectivity index (χ0v) is 11.1. The minimum atomic E-state index is -0.359. The number of primary amides is 1. The van der Waals surface area contributed by atoms with Crippen LogP contribution in [0.1, 0.15) is 36.5 Å². The Morgan fingerprint density at radius 3 is 2.68 bits per heavy atom. The third-order valence-corrected chi connectivity index (χ3v) is 2.47. The van der Waals surface area contributed by atoms with Crippen LogP contribution >= 0.6 is 0 Å². The van der Waals surface area contributed by atoms with E-state index in [1.165, 1.54) is 6.20 Å². The predicted octanol–water partition coefficient (Wildman–Crippen LogP) is 0.899. The van der Waals surface area contributed by atoms with Crippen molar-refractivity contribution in [2.24, 2.45) is 5.73 Å². The number of hydrogen-bond acceptors (Lipinski definition) is 4. The maximum absolute atomic E-state index is 11.7. The molecule has 1 heterocycles. The quantitative estimate of drug-likeness (QED) is 0.608. The Labute approximate surface area is 112 Å². The van der Waals surface area contributed by atoms with Crippen LogP contribution in [-0.2, 0) is 4.79 Å². The van der Waals surface area contributed by atoms with Crippen LogP contribution in [0.5, 0.6) is 0 Å². The smallest absolute Gasteiger partial charge is 0.252 e. The largest absolute Gasteiger partial charge is 0.370 e.